The van der Waals surface area contributed by atoms with Gasteiger partial charge in [0, 0.05) is 27.1 Å². The molecule has 0 aliphatic carbocycles. The fourth-order valence-electron chi connectivity index (χ4n) is 16.3. The van der Waals surface area contributed by atoms with Crippen LogP contribution in [0.4, 0.5) is 0 Å². The molecule has 0 bridgehead atoms. The maximum absolute atomic E-state index is 7.21. The molecule has 0 radical (unpaired) electrons. The lowest BCUT2D eigenvalue weighted by molar-refractivity contribution is 0.669. The second kappa shape index (κ2) is 22.4. The fourth-order valence-corrected chi connectivity index (χ4v) is 16.3. The standard InChI is InChI=1S/C96H58O2/c1-3-25-59(26-4-1)67-33-9-11-36-73(67)93-77-40-15-13-38-75(77)92(76-39-14-16-41-78(76)93)65-55-87(71-47-23-30-61-29-7-8-32-66(61)71)96-88(56-65)84-54-63(50-52-90(84)98-96)62-49-51-69-64(53-62)31-24-46-70(69)83-58-91-85(72-35-21-22-48-89(72)97-91)57-86(83)95-81-44-19-17-42-79(81)94(80-43-18-20-45-82(80)95)74-37-12-10-34-68(74)60-27-5-2-6-28-60/h1-58H. The van der Waals surface area contributed by atoms with Crippen LogP contribution in [0.25, 0.3) is 209 Å². The van der Waals surface area contributed by atoms with Gasteiger partial charge in [-0.15, -0.1) is 0 Å². The van der Waals surface area contributed by atoms with E-state index in [1.165, 1.54) is 109 Å². The topological polar surface area (TPSA) is 26.3 Å². The van der Waals surface area contributed by atoms with E-state index in [1.54, 1.807) is 0 Å². The number of benzene rings is 18. The van der Waals surface area contributed by atoms with Crippen molar-refractivity contribution in [2.75, 3.05) is 0 Å². The van der Waals surface area contributed by atoms with Crippen LogP contribution < -0.4 is 0 Å². The average molecular weight is 1240 g/mol. The predicted octanol–water partition coefficient (Wildman–Crippen LogP) is 27.4. The van der Waals surface area contributed by atoms with E-state index in [1.807, 2.05) is 0 Å². The first kappa shape index (κ1) is 55.6. The molecule has 2 nitrogen and oxygen atoms in total. The molecule has 0 amide bonds. The predicted molar refractivity (Wildman–Crippen MR) is 415 cm³/mol. The first-order valence-electron chi connectivity index (χ1n) is 33.8. The molecule has 20 rings (SSSR count). The van der Waals surface area contributed by atoms with Crippen molar-refractivity contribution in [3.05, 3.63) is 352 Å². The molecule has 2 aromatic heterocycles. The van der Waals surface area contributed by atoms with E-state index in [0.717, 1.165) is 99.2 Å². The van der Waals surface area contributed by atoms with Gasteiger partial charge in [-0.1, -0.05) is 303 Å². The Hall–Kier alpha value is -12.9. The summed E-state index contributed by atoms with van der Waals surface area (Å²) in [6.45, 7) is 0. The van der Waals surface area contributed by atoms with Gasteiger partial charge < -0.3 is 8.83 Å². The van der Waals surface area contributed by atoms with Crippen LogP contribution in [0.2, 0.25) is 0 Å². The second-order valence-corrected chi connectivity index (χ2v) is 26.0. The molecule has 0 aliphatic rings. The molecular formula is C96H58O2. The summed E-state index contributed by atoms with van der Waals surface area (Å²) < 4.78 is 14.0. The highest BCUT2D eigenvalue weighted by molar-refractivity contribution is 6.27. The largest absolute Gasteiger partial charge is 0.456 e. The summed E-state index contributed by atoms with van der Waals surface area (Å²) >= 11 is 0. The van der Waals surface area contributed by atoms with Gasteiger partial charge in [0.15, 0.2) is 0 Å². The van der Waals surface area contributed by atoms with E-state index in [-0.39, 0.29) is 0 Å². The van der Waals surface area contributed by atoms with E-state index in [2.05, 4.69) is 352 Å². The SMILES string of the molecule is c1ccc(-c2ccccc2-c2c3ccccc3c(-c3cc(-c4cccc5ccccc45)c4oc5ccc(-c6ccc7c(-c8cc9oc%10ccccc%10c9cc8-c8c9ccccc9c(-c9ccccc9-c9ccccc9)c9ccccc89)cccc7c6)cc5c4c3)c3ccccc23)cc1. The van der Waals surface area contributed by atoms with E-state index in [0.29, 0.717) is 0 Å². The summed E-state index contributed by atoms with van der Waals surface area (Å²) in [6.07, 6.45) is 0. The van der Waals surface area contributed by atoms with Gasteiger partial charge >= 0.3 is 0 Å². The molecule has 0 saturated carbocycles. The van der Waals surface area contributed by atoms with Crippen molar-refractivity contribution < 1.29 is 8.83 Å². The molecule has 0 atom stereocenters. The zero-order valence-electron chi connectivity index (χ0n) is 53.3. The Morgan fingerprint density at radius 3 is 1.13 bits per heavy atom. The zero-order valence-corrected chi connectivity index (χ0v) is 53.3. The van der Waals surface area contributed by atoms with E-state index in [9.17, 15) is 0 Å². The van der Waals surface area contributed by atoms with Crippen LogP contribution in [0.3, 0.4) is 0 Å². The molecule has 0 fully saturated rings. The van der Waals surface area contributed by atoms with Crippen molar-refractivity contribution in [3.8, 4) is 100 Å². The van der Waals surface area contributed by atoms with Crippen molar-refractivity contribution in [1.82, 2.24) is 0 Å². The van der Waals surface area contributed by atoms with Gasteiger partial charge in [0.2, 0.25) is 0 Å². The van der Waals surface area contributed by atoms with Crippen LogP contribution in [0.1, 0.15) is 0 Å². The quantitative estimate of drug-likeness (QED) is 0.135. The molecule has 454 valence electrons. The summed E-state index contributed by atoms with van der Waals surface area (Å²) in [5.41, 5.74) is 24.5. The van der Waals surface area contributed by atoms with Gasteiger partial charge in [0.05, 0.1) is 0 Å². The highest BCUT2D eigenvalue weighted by atomic mass is 16.3. The molecule has 2 heteroatoms. The van der Waals surface area contributed by atoms with Gasteiger partial charge in [-0.25, -0.2) is 0 Å². The first-order chi connectivity index (χ1) is 48.6. The zero-order chi connectivity index (χ0) is 64.4. The van der Waals surface area contributed by atoms with Crippen LogP contribution in [0, 0.1) is 0 Å². The van der Waals surface area contributed by atoms with Crippen LogP contribution in [-0.4, -0.2) is 0 Å². The lowest BCUT2D eigenvalue weighted by Crippen LogP contribution is -1.94. The van der Waals surface area contributed by atoms with Crippen molar-refractivity contribution in [3.63, 3.8) is 0 Å². The number of hydrogen-bond acceptors (Lipinski definition) is 2. The Bertz CT molecular complexity index is 6540. The summed E-state index contributed by atoms with van der Waals surface area (Å²) in [5, 5.41) is 18.6. The Kier molecular flexibility index (Phi) is 12.7. The lowest BCUT2D eigenvalue weighted by atomic mass is 9.81. The highest BCUT2D eigenvalue weighted by Crippen LogP contribution is 2.53. The Balaban J connectivity index is 0.780. The number of fused-ring (bicyclic) bond motifs is 12. The molecule has 0 saturated heterocycles. The minimum atomic E-state index is 0.843. The van der Waals surface area contributed by atoms with Crippen molar-refractivity contribution >= 4 is 109 Å². The highest BCUT2D eigenvalue weighted by Gasteiger charge is 2.26. The Morgan fingerprint density at radius 1 is 0.143 bits per heavy atom. The van der Waals surface area contributed by atoms with Gasteiger partial charge in [-0.3, -0.25) is 0 Å². The van der Waals surface area contributed by atoms with Crippen molar-refractivity contribution in [2.24, 2.45) is 0 Å². The second-order valence-electron chi connectivity index (χ2n) is 26.0. The molecule has 0 aliphatic heterocycles. The van der Waals surface area contributed by atoms with E-state index >= 15 is 0 Å². The Morgan fingerprint density at radius 2 is 0.541 bits per heavy atom. The summed E-state index contributed by atoms with van der Waals surface area (Å²) in [6, 6.07) is 129. The first-order valence-corrected chi connectivity index (χ1v) is 33.8. The van der Waals surface area contributed by atoms with Gasteiger partial charge in [-0.05, 0) is 208 Å². The maximum Gasteiger partial charge on any atom is 0.143 e. The lowest BCUT2D eigenvalue weighted by Gasteiger charge is -2.21. The van der Waals surface area contributed by atoms with Crippen LogP contribution in [-0.2, 0) is 0 Å². The summed E-state index contributed by atoms with van der Waals surface area (Å²) in [4.78, 5) is 0. The molecule has 20 aromatic rings. The fraction of sp³-hybridized carbons (Fsp3) is 0. The van der Waals surface area contributed by atoms with Gasteiger partial charge in [0.1, 0.15) is 22.3 Å². The molecule has 18 aromatic carbocycles. The minimum absolute atomic E-state index is 0.843. The average Bonchev–Trinajstić information content (AvgIpc) is 1.06. The third-order valence-corrected chi connectivity index (χ3v) is 20.7. The molecule has 0 spiro atoms. The number of hydrogen-bond donors (Lipinski definition) is 0. The summed E-state index contributed by atoms with van der Waals surface area (Å²) in [7, 11) is 0. The van der Waals surface area contributed by atoms with Crippen LogP contribution in [0.5, 0.6) is 0 Å². The molecule has 98 heavy (non-hydrogen) atoms. The van der Waals surface area contributed by atoms with Crippen LogP contribution >= 0.6 is 0 Å². The normalized spacial score (nSPS) is 11.9. The van der Waals surface area contributed by atoms with Gasteiger partial charge in [-0.2, -0.15) is 0 Å². The molecule has 2 heterocycles. The smallest absolute Gasteiger partial charge is 0.143 e. The Labute approximate surface area is 565 Å². The molecule has 0 unspecified atom stereocenters. The van der Waals surface area contributed by atoms with Gasteiger partial charge in [0.25, 0.3) is 0 Å². The van der Waals surface area contributed by atoms with E-state index in [4.69, 9.17) is 8.83 Å². The third kappa shape index (κ3) is 8.75. The summed E-state index contributed by atoms with van der Waals surface area (Å²) in [5.74, 6) is 0. The van der Waals surface area contributed by atoms with Crippen molar-refractivity contribution in [1.29, 1.82) is 0 Å². The van der Waals surface area contributed by atoms with Crippen LogP contribution in [0.15, 0.2) is 361 Å². The minimum Gasteiger partial charge on any atom is -0.456 e. The van der Waals surface area contributed by atoms with Crippen molar-refractivity contribution in [2.45, 2.75) is 0 Å². The maximum atomic E-state index is 7.21. The molecule has 0 N–H and O–H groups in total. The van der Waals surface area contributed by atoms with E-state index < -0.39 is 0 Å². The third-order valence-electron chi connectivity index (χ3n) is 20.7. The number of rotatable bonds is 9. The molecular weight excluding hydrogens is 1190 g/mol. The number of para-hydroxylation sites is 1. The monoisotopic (exact) mass is 1240 g/mol. The number of furan rings is 2.